The maximum absolute atomic E-state index is 9.98. The molecule has 1 saturated carbocycles. The lowest BCUT2D eigenvalue weighted by Crippen LogP contribution is -2.29. The third kappa shape index (κ3) is 1.61. The number of aliphatic hydroxyl groups excluding tert-OH is 1. The van der Waals surface area contributed by atoms with Gasteiger partial charge in [-0.15, -0.1) is 0 Å². The Balaban J connectivity index is 2.47. The summed E-state index contributed by atoms with van der Waals surface area (Å²) in [4.78, 5) is 0. The van der Waals surface area contributed by atoms with E-state index in [1.165, 1.54) is 0 Å². The number of phenols is 1. The van der Waals surface area contributed by atoms with E-state index < -0.39 is 0 Å². The number of rotatable bonds is 1. The average molecular weight is 220 g/mol. The molecular weight excluding hydrogens is 200 g/mol. The quantitative estimate of drug-likeness (QED) is 0.764. The van der Waals surface area contributed by atoms with E-state index in [4.69, 9.17) is 0 Å². The standard InChI is InChI=1S/C14H20O2/c1-9-4-5-13(16)11(8-9)14(3)7-6-12(15)10(14)2/h4-5,8,10,12,15-16H,6-7H2,1-3H3/t10-,12-,14-/m1/s1. The van der Waals surface area contributed by atoms with E-state index >= 15 is 0 Å². The summed E-state index contributed by atoms with van der Waals surface area (Å²) in [6.45, 7) is 6.24. The van der Waals surface area contributed by atoms with Gasteiger partial charge in [-0.2, -0.15) is 0 Å². The highest BCUT2D eigenvalue weighted by atomic mass is 16.3. The van der Waals surface area contributed by atoms with Gasteiger partial charge in [-0.1, -0.05) is 31.5 Å². The fourth-order valence-electron chi connectivity index (χ4n) is 2.84. The van der Waals surface area contributed by atoms with Crippen LogP contribution in [0.2, 0.25) is 0 Å². The Bertz CT molecular complexity index is 400. The van der Waals surface area contributed by atoms with E-state index in [9.17, 15) is 10.2 Å². The topological polar surface area (TPSA) is 40.5 Å². The van der Waals surface area contributed by atoms with Crippen molar-refractivity contribution in [3.05, 3.63) is 29.3 Å². The summed E-state index contributed by atoms with van der Waals surface area (Å²) < 4.78 is 0. The molecule has 2 N–H and O–H groups in total. The molecule has 0 saturated heterocycles. The Morgan fingerprint density at radius 2 is 2.06 bits per heavy atom. The van der Waals surface area contributed by atoms with Crippen molar-refractivity contribution in [2.75, 3.05) is 0 Å². The van der Waals surface area contributed by atoms with Crippen molar-refractivity contribution in [1.29, 1.82) is 0 Å². The van der Waals surface area contributed by atoms with Crippen LogP contribution in [0.4, 0.5) is 0 Å². The highest BCUT2D eigenvalue weighted by molar-refractivity contribution is 5.42. The second-order valence-corrected chi connectivity index (χ2v) is 5.33. The summed E-state index contributed by atoms with van der Waals surface area (Å²) in [5.74, 6) is 0.550. The summed E-state index contributed by atoms with van der Waals surface area (Å²) in [6, 6.07) is 5.72. The van der Waals surface area contributed by atoms with Gasteiger partial charge in [-0.3, -0.25) is 0 Å². The molecule has 2 rings (SSSR count). The van der Waals surface area contributed by atoms with Crippen LogP contribution in [-0.4, -0.2) is 16.3 Å². The zero-order valence-electron chi connectivity index (χ0n) is 10.2. The smallest absolute Gasteiger partial charge is 0.119 e. The van der Waals surface area contributed by atoms with E-state index in [1.54, 1.807) is 6.07 Å². The summed E-state index contributed by atoms with van der Waals surface area (Å²) in [5.41, 5.74) is 2.04. The first-order valence-electron chi connectivity index (χ1n) is 5.93. The van der Waals surface area contributed by atoms with E-state index in [1.807, 2.05) is 19.1 Å². The Kier molecular flexibility index (Phi) is 2.70. The van der Waals surface area contributed by atoms with Crippen LogP contribution in [0.25, 0.3) is 0 Å². The van der Waals surface area contributed by atoms with Gasteiger partial charge in [-0.25, -0.2) is 0 Å². The molecule has 0 aromatic heterocycles. The van der Waals surface area contributed by atoms with E-state index in [0.717, 1.165) is 24.0 Å². The van der Waals surface area contributed by atoms with Crippen LogP contribution >= 0.6 is 0 Å². The molecule has 3 atom stereocenters. The van der Waals surface area contributed by atoms with Crippen LogP contribution < -0.4 is 0 Å². The van der Waals surface area contributed by atoms with Crippen molar-refractivity contribution in [2.45, 2.75) is 45.1 Å². The maximum atomic E-state index is 9.98. The third-order valence-electron chi connectivity index (χ3n) is 4.31. The van der Waals surface area contributed by atoms with Gasteiger partial charge < -0.3 is 10.2 Å². The summed E-state index contributed by atoms with van der Waals surface area (Å²) >= 11 is 0. The van der Waals surface area contributed by atoms with Crippen LogP contribution in [0.15, 0.2) is 18.2 Å². The first-order valence-corrected chi connectivity index (χ1v) is 5.93. The van der Waals surface area contributed by atoms with Crippen LogP contribution in [0.5, 0.6) is 5.75 Å². The number of hydrogen-bond donors (Lipinski definition) is 2. The monoisotopic (exact) mass is 220 g/mol. The van der Waals surface area contributed by atoms with Crippen molar-refractivity contribution in [2.24, 2.45) is 5.92 Å². The molecule has 0 bridgehead atoms. The Morgan fingerprint density at radius 3 is 2.62 bits per heavy atom. The van der Waals surface area contributed by atoms with Crippen molar-refractivity contribution < 1.29 is 10.2 Å². The molecule has 0 amide bonds. The lowest BCUT2D eigenvalue weighted by atomic mass is 9.73. The minimum atomic E-state index is -0.245. The maximum Gasteiger partial charge on any atom is 0.119 e. The van der Waals surface area contributed by atoms with Gasteiger partial charge in [0, 0.05) is 11.0 Å². The van der Waals surface area contributed by atoms with E-state index in [2.05, 4.69) is 13.8 Å². The molecule has 0 spiro atoms. The molecule has 1 aromatic rings. The second-order valence-electron chi connectivity index (χ2n) is 5.33. The first kappa shape index (κ1) is 11.5. The summed E-state index contributed by atoms with van der Waals surface area (Å²) in [6.07, 6.45) is 1.52. The predicted octanol–water partition coefficient (Wildman–Crippen LogP) is 2.75. The zero-order valence-corrected chi connectivity index (χ0v) is 10.2. The molecule has 1 aliphatic carbocycles. The Labute approximate surface area is 96.9 Å². The number of phenolic OH excluding ortho intramolecular Hbond substituents is 1. The van der Waals surface area contributed by atoms with Gasteiger partial charge in [0.15, 0.2) is 0 Å². The zero-order chi connectivity index (χ0) is 11.9. The minimum Gasteiger partial charge on any atom is -0.508 e. The highest BCUT2D eigenvalue weighted by Crippen LogP contribution is 2.48. The van der Waals surface area contributed by atoms with Crippen LogP contribution in [0.3, 0.4) is 0 Å². The van der Waals surface area contributed by atoms with E-state index in [-0.39, 0.29) is 17.4 Å². The molecule has 1 aromatic carbocycles. The van der Waals surface area contributed by atoms with Crippen molar-refractivity contribution in [3.63, 3.8) is 0 Å². The number of hydrogen-bond acceptors (Lipinski definition) is 2. The molecule has 1 fully saturated rings. The summed E-state index contributed by atoms with van der Waals surface area (Å²) in [7, 11) is 0. The fraction of sp³-hybridized carbons (Fsp3) is 0.571. The SMILES string of the molecule is Cc1ccc(O)c([C@]2(C)CC[C@@H](O)[C@H]2C)c1. The molecule has 1 aliphatic rings. The molecule has 2 heteroatoms. The average Bonchev–Trinajstić information content (AvgIpc) is 2.51. The van der Waals surface area contributed by atoms with Crippen molar-refractivity contribution in [3.8, 4) is 5.75 Å². The van der Waals surface area contributed by atoms with E-state index in [0.29, 0.717) is 5.75 Å². The van der Waals surface area contributed by atoms with Crippen LogP contribution in [-0.2, 0) is 5.41 Å². The number of benzene rings is 1. The first-order chi connectivity index (χ1) is 7.45. The van der Waals surface area contributed by atoms with Crippen LogP contribution in [0, 0.1) is 12.8 Å². The van der Waals surface area contributed by atoms with Gasteiger partial charge in [0.05, 0.1) is 6.10 Å². The van der Waals surface area contributed by atoms with Gasteiger partial charge in [0.2, 0.25) is 0 Å². The fourth-order valence-corrected chi connectivity index (χ4v) is 2.84. The number of aryl methyl sites for hydroxylation is 1. The normalized spacial score (nSPS) is 34.2. The van der Waals surface area contributed by atoms with Crippen LogP contribution in [0.1, 0.15) is 37.8 Å². The largest absolute Gasteiger partial charge is 0.508 e. The molecule has 0 aliphatic heterocycles. The van der Waals surface area contributed by atoms with Gasteiger partial charge in [0.1, 0.15) is 5.75 Å². The van der Waals surface area contributed by atoms with Gasteiger partial charge in [-0.05, 0) is 31.7 Å². The van der Waals surface area contributed by atoms with Gasteiger partial charge in [0.25, 0.3) is 0 Å². The Hall–Kier alpha value is -1.02. The molecular formula is C14H20O2. The van der Waals surface area contributed by atoms with Crippen molar-refractivity contribution >= 4 is 0 Å². The molecule has 0 radical (unpaired) electrons. The molecule has 0 unspecified atom stereocenters. The summed E-state index contributed by atoms with van der Waals surface area (Å²) in [5, 5.41) is 19.9. The number of aromatic hydroxyl groups is 1. The second kappa shape index (κ2) is 3.77. The number of aliphatic hydroxyl groups is 1. The van der Waals surface area contributed by atoms with Gasteiger partial charge >= 0.3 is 0 Å². The van der Waals surface area contributed by atoms with Crippen molar-refractivity contribution in [1.82, 2.24) is 0 Å². The Morgan fingerprint density at radius 1 is 1.38 bits per heavy atom. The molecule has 88 valence electrons. The lowest BCUT2D eigenvalue weighted by molar-refractivity contribution is 0.121. The predicted molar refractivity (Wildman–Crippen MR) is 64.6 cm³/mol. The minimum absolute atomic E-state index is 0.102. The third-order valence-corrected chi connectivity index (χ3v) is 4.31. The molecule has 2 nitrogen and oxygen atoms in total. The molecule has 16 heavy (non-hydrogen) atoms. The highest BCUT2D eigenvalue weighted by Gasteiger charge is 2.44. The molecule has 0 heterocycles. The lowest BCUT2D eigenvalue weighted by Gasteiger charge is -2.31.